The van der Waals surface area contributed by atoms with Gasteiger partial charge in [-0.2, -0.15) is 15.4 Å². The van der Waals surface area contributed by atoms with Crippen molar-refractivity contribution in [3.63, 3.8) is 0 Å². The van der Waals surface area contributed by atoms with Gasteiger partial charge in [0.05, 0.1) is 12.4 Å². The SMILES string of the molecule is C1CNCCNCCN1.c1cn[nH]n1. The van der Waals surface area contributed by atoms with E-state index in [2.05, 4.69) is 31.4 Å². The molecule has 0 unspecified atom stereocenters. The van der Waals surface area contributed by atoms with Crippen molar-refractivity contribution in [3.8, 4) is 0 Å². The van der Waals surface area contributed by atoms with E-state index in [4.69, 9.17) is 0 Å². The molecule has 1 aromatic rings. The van der Waals surface area contributed by atoms with Crippen LogP contribution < -0.4 is 16.0 Å². The average Bonchev–Trinajstić information content (AvgIpc) is 2.82. The van der Waals surface area contributed by atoms with Gasteiger partial charge in [-0.15, -0.1) is 0 Å². The van der Waals surface area contributed by atoms with E-state index in [0.717, 1.165) is 39.3 Å². The second kappa shape index (κ2) is 8.61. The van der Waals surface area contributed by atoms with Crippen LogP contribution in [0.25, 0.3) is 0 Å². The molecule has 0 saturated carbocycles. The smallest absolute Gasteiger partial charge is 0.0690 e. The third-order valence-electron chi connectivity index (χ3n) is 1.77. The van der Waals surface area contributed by atoms with Gasteiger partial charge in [0.2, 0.25) is 0 Å². The van der Waals surface area contributed by atoms with Crippen molar-refractivity contribution in [2.24, 2.45) is 0 Å². The minimum Gasteiger partial charge on any atom is -0.314 e. The quantitative estimate of drug-likeness (QED) is 0.411. The van der Waals surface area contributed by atoms with Gasteiger partial charge < -0.3 is 16.0 Å². The van der Waals surface area contributed by atoms with Gasteiger partial charge in [-0.3, -0.25) is 0 Å². The van der Waals surface area contributed by atoms with E-state index in [0.29, 0.717) is 0 Å². The Morgan fingerprint density at radius 2 is 1.00 bits per heavy atom. The van der Waals surface area contributed by atoms with Crippen LogP contribution in [0.4, 0.5) is 0 Å². The molecule has 80 valence electrons. The molecule has 6 nitrogen and oxygen atoms in total. The Hall–Kier alpha value is -0.980. The Kier molecular flexibility index (Phi) is 6.83. The van der Waals surface area contributed by atoms with E-state index in [9.17, 15) is 0 Å². The molecule has 0 atom stereocenters. The fourth-order valence-corrected chi connectivity index (χ4v) is 1.07. The van der Waals surface area contributed by atoms with Crippen molar-refractivity contribution in [2.75, 3.05) is 39.3 Å². The minimum absolute atomic E-state index is 1.10. The first kappa shape index (κ1) is 11.1. The first-order valence-corrected chi connectivity index (χ1v) is 4.92. The molecule has 0 aromatic carbocycles. The van der Waals surface area contributed by atoms with Crippen molar-refractivity contribution in [1.82, 2.24) is 31.4 Å². The standard InChI is InChI=1S/C6H15N3.C2H3N3/c1-2-8-5-6-9-4-3-7-1;1-2-4-5-3-1/h7-9H,1-6H2;1-2H,(H,3,4,5). The van der Waals surface area contributed by atoms with E-state index in [1.54, 1.807) is 12.4 Å². The number of rotatable bonds is 0. The number of aromatic amines is 1. The van der Waals surface area contributed by atoms with Gasteiger partial charge in [0.1, 0.15) is 0 Å². The summed E-state index contributed by atoms with van der Waals surface area (Å²) in [5, 5.41) is 19.2. The first-order valence-electron chi connectivity index (χ1n) is 4.92. The molecule has 2 heterocycles. The summed E-state index contributed by atoms with van der Waals surface area (Å²) in [5.74, 6) is 0. The molecule has 6 heteroatoms. The number of nitrogens with zero attached hydrogens (tertiary/aromatic N) is 2. The van der Waals surface area contributed by atoms with E-state index in [1.165, 1.54) is 0 Å². The van der Waals surface area contributed by atoms with Crippen LogP contribution in [0.15, 0.2) is 12.4 Å². The molecule has 0 aliphatic carbocycles. The third-order valence-corrected chi connectivity index (χ3v) is 1.77. The lowest BCUT2D eigenvalue weighted by Crippen LogP contribution is -2.27. The van der Waals surface area contributed by atoms with Crippen LogP contribution in [-0.2, 0) is 0 Å². The summed E-state index contributed by atoms with van der Waals surface area (Å²) in [6.45, 7) is 6.59. The van der Waals surface area contributed by atoms with E-state index >= 15 is 0 Å². The maximum absolute atomic E-state index is 3.49. The highest BCUT2D eigenvalue weighted by Gasteiger charge is 1.91. The molecule has 0 radical (unpaired) electrons. The topological polar surface area (TPSA) is 77.7 Å². The van der Waals surface area contributed by atoms with Gasteiger partial charge in [0.25, 0.3) is 0 Å². The van der Waals surface area contributed by atoms with Crippen LogP contribution in [0.5, 0.6) is 0 Å². The van der Waals surface area contributed by atoms with Gasteiger partial charge in [0, 0.05) is 39.3 Å². The largest absolute Gasteiger partial charge is 0.314 e. The van der Waals surface area contributed by atoms with Crippen LogP contribution in [0, 0.1) is 0 Å². The molecule has 1 aliphatic heterocycles. The molecular weight excluding hydrogens is 180 g/mol. The lowest BCUT2D eigenvalue weighted by atomic mass is 10.6. The number of hydrogen-bond donors (Lipinski definition) is 4. The van der Waals surface area contributed by atoms with Crippen molar-refractivity contribution in [3.05, 3.63) is 12.4 Å². The van der Waals surface area contributed by atoms with Crippen LogP contribution in [0.2, 0.25) is 0 Å². The van der Waals surface area contributed by atoms with Gasteiger partial charge in [-0.25, -0.2) is 0 Å². The summed E-state index contributed by atoms with van der Waals surface area (Å²) in [4.78, 5) is 0. The Morgan fingerprint density at radius 1 is 0.643 bits per heavy atom. The van der Waals surface area contributed by atoms with Crippen molar-refractivity contribution >= 4 is 0 Å². The lowest BCUT2D eigenvalue weighted by Gasteiger charge is -1.99. The molecule has 0 amide bonds. The molecule has 1 saturated heterocycles. The monoisotopic (exact) mass is 198 g/mol. The van der Waals surface area contributed by atoms with E-state index in [-0.39, 0.29) is 0 Å². The fraction of sp³-hybridized carbons (Fsp3) is 0.750. The summed E-state index contributed by atoms with van der Waals surface area (Å²) in [6.07, 6.45) is 3.17. The van der Waals surface area contributed by atoms with Gasteiger partial charge >= 0.3 is 0 Å². The number of H-pyrrole nitrogens is 1. The van der Waals surface area contributed by atoms with Crippen molar-refractivity contribution in [1.29, 1.82) is 0 Å². The van der Waals surface area contributed by atoms with Crippen LogP contribution in [0.3, 0.4) is 0 Å². The fourth-order valence-electron chi connectivity index (χ4n) is 1.07. The molecule has 4 N–H and O–H groups in total. The molecule has 0 bridgehead atoms. The summed E-state index contributed by atoms with van der Waals surface area (Å²) < 4.78 is 0. The molecule has 1 aliphatic rings. The highest BCUT2D eigenvalue weighted by Crippen LogP contribution is 1.65. The van der Waals surface area contributed by atoms with Gasteiger partial charge in [0.15, 0.2) is 0 Å². The molecule has 0 spiro atoms. The van der Waals surface area contributed by atoms with Crippen LogP contribution in [0.1, 0.15) is 0 Å². The second-order valence-corrected chi connectivity index (χ2v) is 2.91. The maximum Gasteiger partial charge on any atom is 0.0690 e. The molecule has 14 heavy (non-hydrogen) atoms. The highest BCUT2D eigenvalue weighted by molar-refractivity contribution is 4.59. The van der Waals surface area contributed by atoms with E-state index < -0.39 is 0 Å². The normalized spacial score (nSPS) is 18.3. The second-order valence-electron chi connectivity index (χ2n) is 2.91. The zero-order valence-corrected chi connectivity index (χ0v) is 8.29. The number of hydrogen-bond acceptors (Lipinski definition) is 5. The van der Waals surface area contributed by atoms with Crippen LogP contribution in [-0.4, -0.2) is 54.7 Å². The summed E-state index contributed by atoms with van der Waals surface area (Å²) in [6, 6.07) is 0. The molecule has 1 aromatic heterocycles. The highest BCUT2D eigenvalue weighted by atomic mass is 15.3. The Morgan fingerprint density at radius 3 is 1.21 bits per heavy atom. The first-order chi connectivity index (χ1) is 7.00. The number of nitrogens with one attached hydrogen (secondary N) is 4. The minimum atomic E-state index is 1.10. The predicted molar refractivity (Wildman–Crippen MR) is 55.0 cm³/mol. The molecular formula is C8H18N6. The van der Waals surface area contributed by atoms with E-state index in [1.807, 2.05) is 0 Å². The van der Waals surface area contributed by atoms with Gasteiger partial charge in [-0.1, -0.05) is 0 Å². The van der Waals surface area contributed by atoms with Crippen LogP contribution >= 0.6 is 0 Å². The third kappa shape index (κ3) is 6.53. The average molecular weight is 198 g/mol. The number of aromatic nitrogens is 3. The lowest BCUT2D eigenvalue weighted by molar-refractivity contribution is 0.652. The Balaban J connectivity index is 0.000000165. The molecule has 2 rings (SSSR count). The Labute approximate surface area is 83.9 Å². The summed E-state index contributed by atoms with van der Waals surface area (Å²) in [7, 11) is 0. The summed E-state index contributed by atoms with van der Waals surface area (Å²) >= 11 is 0. The predicted octanol–water partition coefficient (Wildman–Crippen LogP) is -1.43. The zero-order chi connectivity index (χ0) is 9.90. The molecule has 1 fully saturated rings. The van der Waals surface area contributed by atoms with Crippen molar-refractivity contribution < 1.29 is 0 Å². The summed E-state index contributed by atoms with van der Waals surface area (Å²) in [5.41, 5.74) is 0. The van der Waals surface area contributed by atoms with Crippen molar-refractivity contribution in [2.45, 2.75) is 0 Å². The Bertz CT molecular complexity index is 142. The zero-order valence-electron chi connectivity index (χ0n) is 8.29. The van der Waals surface area contributed by atoms with Gasteiger partial charge in [-0.05, 0) is 0 Å². The maximum atomic E-state index is 3.49.